The van der Waals surface area contributed by atoms with Crippen molar-refractivity contribution in [3.05, 3.63) is 71.1 Å². The van der Waals surface area contributed by atoms with Crippen LogP contribution in [0.15, 0.2) is 54.1 Å². The summed E-state index contributed by atoms with van der Waals surface area (Å²) in [7, 11) is 0. The fourth-order valence-corrected chi connectivity index (χ4v) is 4.67. The number of amides is 1. The first-order valence-corrected chi connectivity index (χ1v) is 11.2. The number of carbonyl (C=O) groups excluding carboxylic acids is 1. The molecule has 2 saturated carbocycles. The van der Waals surface area contributed by atoms with Crippen molar-refractivity contribution in [2.24, 2.45) is 0 Å². The topological polar surface area (TPSA) is 86.0 Å². The smallest absolute Gasteiger partial charge is 0.262 e. The fourth-order valence-electron chi connectivity index (χ4n) is 4.67. The molecule has 2 aromatic rings. The molecule has 0 spiro atoms. The van der Waals surface area contributed by atoms with Gasteiger partial charge in [0.25, 0.3) is 5.91 Å². The number of benzene rings is 1. The van der Waals surface area contributed by atoms with Gasteiger partial charge < -0.3 is 10.4 Å². The maximum Gasteiger partial charge on any atom is 0.262 e. The zero-order chi connectivity index (χ0) is 22.4. The highest BCUT2D eigenvalue weighted by Gasteiger charge is 2.37. The third-order valence-electron chi connectivity index (χ3n) is 6.42. The maximum absolute atomic E-state index is 13.0. The number of rotatable bonds is 4. The van der Waals surface area contributed by atoms with E-state index in [4.69, 9.17) is 0 Å². The van der Waals surface area contributed by atoms with E-state index in [1.165, 1.54) is 6.08 Å². The van der Waals surface area contributed by atoms with Crippen LogP contribution < -0.4 is 5.32 Å². The van der Waals surface area contributed by atoms with Crippen LogP contribution in [0.25, 0.3) is 6.08 Å². The standard InChI is InChI=1S/C27H27N3O2/c28-20-21(25(31)30-27(16-6-7-17-27)22-9-2-1-3-10-22)19-24-12-8-11-23(29-24)13-18-26(32)14-4-5-15-26/h1-3,8-12,19,32H,4-7,14-17H2,(H,30,31)/b21-19+. The summed E-state index contributed by atoms with van der Waals surface area (Å²) >= 11 is 0. The zero-order valence-electron chi connectivity index (χ0n) is 18.1. The van der Waals surface area contributed by atoms with Crippen molar-refractivity contribution in [1.82, 2.24) is 10.3 Å². The Balaban J connectivity index is 1.55. The van der Waals surface area contributed by atoms with Gasteiger partial charge in [-0.2, -0.15) is 5.26 Å². The highest BCUT2D eigenvalue weighted by atomic mass is 16.3. The highest BCUT2D eigenvalue weighted by molar-refractivity contribution is 6.02. The summed E-state index contributed by atoms with van der Waals surface area (Å²) in [5, 5.41) is 23.2. The molecule has 1 amide bonds. The minimum atomic E-state index is -0.932. The predicted octanol–water partition coefficient (Wildman–Crippen LogP) is 4.23. The largest absolute Gasteiger partial charge is 0.378 e. The molecule has 162 valence electrons. The monoisotopic (exact) mass is 425 g/mol. The first kappa shape index (κ1) is 21.8. The minimum absolute atomic E-state index is 0.0132. The Morgan fingerprint density at radius 3 is 2.38 bits per heavy atom. The molecular weight excluding hydrogens is 398 g/mol. The summed E-state index contributed by atoms with van der Waals surface area (Å²) in [6.07, 6.45) is 8.60. The Morgan fingerprint density at radius 2 is 1.69 bits per heavy atom. The van der Waals surface area contributed by atoms with Crippen molar-refractivity contribution < 1.29 is 9.90 Å². The summed E-state index contributed by atoms with van der Waals surface area (Å²) in [4.78, 5) is 17.5. The quantitative estimate of drug-likeness (QED) is 0.436. The number of nitrogens with one attached hydrogen (secondary N) is 1. The van der Waals surface area contributed by atoms with E-state index in [0.717, 1.165) is 44.1 Å². The summed E-state index contributed by atoms with van der Waals surface area (Å²) in [6, 6.07) is 17.3. The van der Waals surface area contributed by atoms with Gasteiger partial charge in [-0.25, -0.2) is 4.98 Å². The molecule has 0 aliphatic heterocycles. The van der Waals surface area contributed by atoms with Gasteiger partial charge in [-0.1, -0.05) is 55.2 Å². The lowest BCUT2D eigenvalue weighted by molar-refractivity contribution is -0.119. The summed E-state index contributed by atoms with van der Waals surface area (Å²) < 4.78 is 0. The van der Waals surface area contributed by atoms with Crippen LogP contribution in [0, 0.1) is 23.2 Å². The molecule has 1 heterocycles. The number of pyridine rings is 1. The summed E-state index contributed by atoms with van der Waals surface area (Å²) in [6.45, 7) is 0. The van der Waals surface area contributed by atoms with Gasteiger partial charge in [-0.05, 0) is 68.2 Å². The van der Waals surface area contributed by atoms with E-state index in [9.17, 15) is 15.2 Å². The zero-order valence-corrected chi connectivity index (χ0v) is 18.1. The molecule has 2 N–H and O–H groups in total. The van der Waals surface area contributed by atoms with E-state index in [1.54, 1.807) is 18.2 Å². The van der Waals surface area contributed by atoms with E-state index in [0.29, 0.717) is 24.2 Å². The minimum Gasteiger partial charge on any atom is -0.378 e. The molecule has 4 rings (SSSR count). The van der Waals surface area contributed by atoms with E-state index in [-0.39, 0.29) is 5.57 Å². The van der Waals surface area contributed by atoms with Gasteiger partial charge in [-0.3, -0.25) is 4.79 Å². The molecule has 2 fully saturated rings. The molecule has 0 atom stereocenters. The number of hydrogen-bond acceptors (Lipinski definition) is 4. The highest BCUT2D eigenvalue weighted by Crippen LogP contribution is 2.38. The lowest BCUT2D eigenvalue weighted by Crippen LogP contribution is -2.44. The lowest BCUT2D eigenvalue weighted by Gasteiger charge is -2.31. The third kappa shape index (κ3) is 4.90. The first-order valence-electron chi connectivity index (χ1n) is 11.2. The van der Waals surface area contributed by atoms with Gasteiger partial charge in [0.05, 0.1) is 11.2 Å². The van der Waals surface area contributed by atoms with Crippen molar-refractivity contribution in [3.63, 3.8) is 0 Å². The molecule has 32 heavy (non-hydrogen) atoms. The fraction of sp³-hybridized carbons (Fsp3) is 0.370. The Morgan fingerprint density at radius 1 is 1.00 bits per heavy atom. The van der Waals surface area contributed by atoms with Gasteiger partial charge in [0.2, 0.25) is 0 Å². The molecule has 1 aromatic carbocycles. The Kier molecular flexibility index (Phi) is 6.40. The number of aromatic nitrogens is 1. The Labute approximate surface area is 189 Å². The van der Waals surface area contributed by atoms with Crippen LogP contribution in [-0.4, -0.2) is 21.6 Å². The second-order valence-electron chi connectivity index (χ2n) is 8.72. The molecule has 5 nitrogen and oxygen atoms in total. The van der Waals surface area contributed by atoms with Crippen molar-refractivity contribution in [3.8, 4) is 17.9 Å². The average molecular weight is 426 g/mol. The predicted molar refractivity (Wildman–Crippen MR) is 123 cm³/mol. The molecule has 1 aromatic heterocycles. The normalized spacial score (nSPS) is 18.9. The van der Waals surface area contributed by atoms with Gasteiger partial charge in [0.15, 0.2) is 0 Å². The Hall–Kier alpha value is -3.41. The molecular formula is C27H27N3O2. The third-order valence-corrected chi connectivity index (χ3v) is 6.42. The number of carbonyl (C=O) groups is 1. The van der Waals surface area contributed by atoms with E-state index in [1.807, 2.05) is 36.4 Å². The van der Waals surface area contributed by atoms with Crippen LogP contribution in [0.5, 0.6) is 0 Å². The van der Waals surface area contributed by atoms with E-state index in [2.05, 4.69) is 22.1 Å². The SMILES string of the molecule is N#C/C(=C\c1cccc(C#CC2(O)CCCC2)n1)C(=O)NC1(c2ccccc2)CCCC1. The second kappa shape index (κ2) is 9.39. The second-order valence-corrected chi connectivity index (χ2v) is 8.72. The van der Waals surface area contributed by atoms with Crippen LogP contribution in [0.3, 0.4) is 0 Å². The first-order chi connectivity index (χ1) is 15.5. The molecule has 2 aliphatic carbocycles. The van der Waals surface area contributed by atoms with Crippen molar-refractivity contribution in [2.75, 3.05) is 0 Å². The average Bonchev–Trinajstić information content (AvgIpc) is 3.47. The van der Waals surface area contributed by atoms with Crippen LogP contribution in [0.4, 0.5) is 0 Å². The molecule has 0 unspecified atom stereocenters. The van der Waals surface area contributed by atoms with Gasteiger partial charge in [0, 0.05) is 0 Å². The van der Waals surface area contributed by atoms with Gasteiger partial charge >= 0.3 is 0 Å². The molecule has 0 bridgehead atoms. The van der Waals surface area contributed by atoms with Crippen LogP contribution in [0.1, 0.15) is 68.3 Å². The van der Waals surface area contributed by atoms with Gasteiger partial charge in [0.1, 0.15) is 22.9 Å². The molecule has 2 aliphatic rings. The summed E-state index contributed by atoms with van der Waals surface area (Å²) in [5.74, 6) is 5.50. The molecule has 0 radical (unpaired) electrons. The number of hydrogen-bond donors (Lipinski definition) is 2. The van der Waals surface area contributed by atoms with Crippen LogP contribution in [-0.2, 0) is 10.3 Å². The van der Waals surface area contributed by atoms with Crippen molar-refractivity contribution in [1.29, 1.82) is 5.26 Å². The number of aliphatic hydroxyl groups is 1. The Bertz CT molecular complexity index is 1110. The lowest BCUT2D eigenvalue weighted by atomic mass is 9.88. The van der Waals surface area contributed by atoms with Crippen molar-refractivity contribution in [2.45, 2.75) is 62.5 Å². The molecule has 5 heteroatoms. The maximum atomic E-state index is 13.0. The van der Waals surface area contributed by atoms with Gasteiger partial charge in [-0.15, -0.1) is 0 Å². The summed E-state index contributed by atoms with van der Waals surface area (Å²) in [5.41, 5.74) is 0.711. The van der Waals surface area contributed by atoms with Crippen molar-refractivity contribution >= 4 is 12.0 Å². The number of nitrogens with zero attached hydrogens (tertiary/aromatic N) is 2. The van der Waals surface area contributed by atoms with Crippen LogP contribution >= 0.6 is 0 Å². The van der Waals surface area contributed by atoms with E-state index < -0.39 is 17.0 Å². The van der Waals surface area contributed by atoms with Crippen LogP contribution in [0.2, 0.25) is 0 Å². The number of nitriles is 1. The molecule has 0 saturated heterocycles. The van der Waals surface area contributed by atoms with E-state index >= 15 is 0 Å².